The maximum Gasteiger partial charge on any atom is 1.00 e. The van der Waals surface area contributed by atoms with Crippen LogP contribution in [0.5, 0.6) is 11.5 Å². The van der Waals surface area contributed by atoms with Crippen molar-refractivity contribution < 1.29 is 33.1 Å². The van der Waals surface area contributed by atoms with Crippen molar-refractivity contribution in [3.05, 3.63) is 30.2 Å². The molecule has 0 N–H and O–H groups in total. The molecule has 0 radical (unpaired) electrons. The number of carbonyl (C=O) groups excluding carboxylic acids is 1. The van der Waals surface area contributed by atoms with E-state index in [1.165, 1.54) is 20.6 Å². The second-order valence-corrected chi connectivity index (χ2v) is 4.29. The molecule has 1 atom stereocenters. The molecule has 102 valence electrons. The number of rotatable bonds is 4. The molecule has 3 nitrogen and oxygen atoms in total. The van der Waals surface area contributed by atoms with Gasteiger partial charge in [0.15, 0.2) is 5.52 Å². The van der Waals surface area contributed by atoms with Gasteiger partial charge in [-0.1, -0.05) is 22.6 Å². The molecule has 0 aromatic heterocycles. The molecule has 0 bridgehead atoms. The third-order valence-corrected chi connectivity index (χ3v) is 2.54. The summed E-state index contributed by atoms with van der Waals surface area (Å²) in [6.07, 6.45) is 2.28. The van der Waals surface area contributed by atoms with E-state index in [-0.39, 0.29) is 24.4 Å². The fraction of sp³-hybridized carbons (Fsp3) is 0.429. The molecule has 0 spiro atoms. The normalized spacial score (nSPS) is 8.74. The predicted octanol–water partition coefficient (Wildman–Crippen LogP) is 0.652. The molecule has 1 aromatic rings. The number of benzene rings is 1. The molecule has 0 aliphatic heterocycles. The summed E-state index contributed by atoms with van der Waals surface area (Å²) in [6, 6.07) is 3.61. The Hall–Kier alpha value is -0.483. The zero-order chi connectivity index (χ0) is 14.1. The van der Waals surface area contributed by atoms with Gasteiger partial charge >= 0.3 is 18.9 Å². The monoisotopic (exact) mass is 276 g/mol. The Morgan fingerprint density at radius 3 is 1.84 bits per heavy atom. The van der Waals surface area contributed by atoms with Crippen LogP contribution in [0, 0.1) is 13.8 Å². The minimum Gasteiger partial charge on any atom is -0.496 e. The van der Waals surface area contributed by atoms with E-state index in [1.807, 2.05) is 6.92 Å². The first kappa shape index (κ1) is 20.8. The van der Waals surface area contributed by atoms with Gasteiger partial charge in [-0.25, -0.2) is 0 Å². The first-order chi connectivity index (χ1) is 8.51. The Bertz CT molecular complexity index is 367. The average Bonchev–Trinajstić information content (AvgIpc) is 2.37. The van der Waals surface area contributed by atoms with E-state index in [1.54, 1.807) is 12.1 Å². The molecule has 0 aliphatic carbocycles. The molecule has 0 heterocycles. The van der Waals surface area contributed by atoms with Crippen molar-refractivity contribution in [1.29, 1.82) is 0 Å². The first-order valence-corrected chi connectivity index (χ1v) is 6.41. The van der Waals surface area contributed by atoms with Crippen molar-refractivity contribution in [2.75, 3.05) is 14.2 Å². The van der Waals surface area contributed by atoms with Crippen molar-refractivity contribution in [1.82, 2.24) is 0 Å². The van der Waals surface area contributed by atoms with Gasteiger partial charge in [-0.05, 0) is 24.6 Å². The summed E-state index contributed by atoms with van der Waals surface area (Å²) in [5.74, 6) is 1.09. The summed E-state index contributed by atoms with van der Waals surface area (Å²) < 4.78 is 10.2. The number of methoxy groups -OCH3 is 2. The SMILES string of the molecule is COc1cc(C)cc(OC)c1C(=O)P.[CH2-]CCC.[Li+]. The molecule has 1 unspecified atom stereocenters. The number of hydrogen-bond donors (Lipinski definition) is 0. The molecule has 0 aliphatic rings. The first-order valence-electron chi connectivity index (χ1n) is 5.83. The molecule has 5 heteroatoms. The number of ether oxygens (including phenoxy) is 2. The molecular weight excluding hydrogens is 254 g/mol. The van der Waals surface area contributed by atoms with Crippen LogP contribution in [0.2, 0.25) is 0 Å². The number of carbonyl (C=O) groups is 1. The van der Waals surface area contributed by atoms with Crippen LogP contribution in [0.1, 0.15) is 35.7 Å². The minimum absolute atomic E-state index is 0. The van der Waals surface area contributed by atoms with Gasteiger partial charge in [-0.3, -0.25) is 4.79 Å². The molecule has 1 rings (SSSR count). The number of aryl methyl sites for hydroxylation is 1. The smallest absolute Gasteiger partial charge is 0.496 e. The van der Waals surface area contributed by atoms with Crippen molar-refractivity contribution in [2.24, 2.45) is 0 Å². The van der Waals surface area contributed by atoms with E-state index >= 15 is 0 Å². The average molecular weight is 276 g/mol. The van der Waals surface area contributed by atoms with E-state index in [0.717, 1.165) is 12.0 Å². The third kappa shape index (κ3) is 7.02. The standard InChI is InChI=1S/C10H13O3P.C4H9.Li/c1-6-4-7(12-2)9(10(11)14)8(5-6)13-3;1-3-4-2;/h4-5H,14H2,1-3H3;1,3-4H2,2H3;/q;-1;+1. The second-order valence-electron chi connectivity index (χ2n) is 3.76. The summed E-state index contributed by atoms with van der Waals surface area (Å²) in [5.41, 5.74) is 1.32. The maximum atomic E-state index is 11.3. The van der Waals surface area contributed by atoms with Crippen molar-refractivity contribution in [3.8, 4) is 11.5 Å². The van der Waals surface area contributed by atoms with Gasteiger partial charge in [-0.15, -0.1) is 0 Å². The Morgan fingerprint density at radius 2 is 1.63 bits per heavy atom. The summed E-state index contributed by atoms with van der Waals surface area (Å²) in [5, 5.41) is 0. The van der Waals surface area contributed by atoms with Crippen LogP contribution in [-0.4, -0.2) is 19.7 Å². The van der Waals surface area contributed by atoms with Crippen LogP contribution in [0.15, 0.2) is 12.1 Å². The van der Waals surface area contributed by atoms with Crippen LogP contribution in [-0.2, 0) is 0 Å². The molecule has 1 aromatic carbocycles. The minimum atomic E-state index is -0.140. The molecule has 0 saturated heterocycles. The summed E-state index contributed by atoms with van der Waals surface area (Å²) >= 11 is 0. The van der Waals surface area contributed by atoms with Crippen LogP contribution in [0.4, 0.5) is 0 Å². The number of hydrogen-bond acceptors (Lipinski definition) is 3. The Balaban J connectivity index is 0. The molecule has 0 fully saturated rings. The van der Waals surface area contributed by atoms with Gasteiger partial charge in [-0.2, -0.15) is 6.42 Å². The van der Waals surface area contributed by atoms with E-state index in [9.17, 15) is 4.79 Å². The van der Waals surface area contributed by atoms with Crippen LogP contribution < -0.4 is 28.3 Å². The Kier molecular flexibility index (Phi) is 12.4. The number of unbranched alkanes of at least 4 members (excludes halogenated alkanes) is 1. The summed E-state index contributed by atoms with van der Waals surface area (Å²) in [6.45, 7) is 7.64. The van der Waals surface area contributed by atoms with Crippen LogP contribution in [0.3, 0.4) is 0 Å². The van der Waals surface area contributed by atoms with Crippen molar-refractivity contribution in [3.63, 3.8) is 0 Å². The third-order valence-electron chi connectivity index (χ3n) is 2.25. The fourth-order valence-electron chi connectivity index (χ4n) is 1.29. The van der Waals surface area contributed by atoms with E-state index in [0.29, 0.717) is 17.1 Å². The summed E-state index contributed by atoms with van der Waals surface area (Å²) in [4.78, 5) is 11.3. The zero-order valence-corrected chi connectivity index (χ0v) is 13.7. The van der Waals surface area contributed by atoms with E-state index in [4.69, 9.17) is 9.47 Å². The van der Waals surface area contributed by atoms with Crippen molar-refractivity contribution >= 4 is 14.8 Å². The fourth-order valence-corrected chi connectivity index (χ4v) is 1.57. The molecule has 19 heavy (non-hydrogen) atoms. The largest absolute Gasteiger partial charge is 1.00 e. The topological polar surface area (TPSA) is 35.5 Å². The van der Waals surface area contributed by atoms with Gasteiger partial charge in [0.1, 0.15) is 17.1 Å². The maximum absolute atomic E-state index is 11.3. The van der Waals surface area contributed by atoms with Gasteiger partial charge < -0.3 is 16.4 Å². The summed E-state index contributed by atoms with van der Waals surface area (Å²) in [7, 11) is 5.18. The second kappa shape index (κ2) is 11.4. The van der Waals surface area contributed by atoms with Crippen LogP contribution in [0.25, 0.3) is 0 Å². The van der Waals surface area contributed by atoms with Gasteiger partial charge in [0.05, 0.1) is 14.2 Å². The molecule has 0 saturated carbocycles. The zero-order valence-electron chi connectivity index (χ0n) is 12.6. The van der Waals surface area contributed by atoms with Gasteiger partial charge in [0.25, 0.3) is 0 Å². The quantitative estimate of drug-likeness (QED) is 0.460. The Labute approximate surface area is 130 Å². The van der Waals surface area contributed by atoms with E-state index < -0.39 is 0 Å². The van der Waals surface area contributed by atoms with Gasteiger partial charge in [0, 0.05) is 0 Å². The molecular formula is C14H22LiO3P. The molecule has 0 amide bonds. The van der Waals surface area contributed by atoms with Gasteiger partial charge in [0.2, 0.25) is 0 Å². The Morgan fingerprint density at radius 1 is 1.26 bits per heavy atom. The van der Waals surface area contributed by atoms with Crippen LogP contribution >= 0.6 is 9.24 Å². The predicted molar refractivity (Wildman–Crippen MR) is 78.6 cm³/mol. The van der Waals surface area contributed by atoms with Crippen molar-refractivity contribution in [2.45, 2.75) is 26.7 Å². The van der Waals surface area contributed by atoms with E-state index in [2.05, 4.69) is 23.1 Å².